The number of carbonyl (C=O) groups is 1. The van der Waals surface area contributed by atoms with Gasteiger partial charge in [0.1, 0.15) is 6.54 Å². The van der Waals surface area contributed by atoms with E-state index in [1.54, 1.807) is 30.4 Å². The molecular formula is C24H33N9O4. The fraction of sp³-hybridized carbons (Fsp3) is 0.500. The Morgan fingerprint density at radius 1 is 1.11 bits per heavy atom. The number of likely N-dealkylation sites (N-methyl/N-ethyl adjacent to an activating group) is 1. The molecule has 0 spiro atoms. The molecule has 3 aromatic rings. The lowest BCUT2D eigenvalue weighted by Gasteiger charge is -2.35. The van der Waals surface area contributed by atoms with Gasteiger partial charge >= 0.3 is 5.97 Å². The molecular weight excluding hydrogens is 478 g/mol. The molecule has 1 saturated heterocycles. The molecule has 0 bridgehead atoms. The summed E-state index contributed by atoms with van der Waals surface area (Å²) in [7, 11) is 5.84. The van der Waals surface area contributed by atoms with Crippen LogP contribution in [0.1, 0.15) is 12.0 Å². The van der Waals surface area contributed by atoms with E-state index in [0.29, 0.717) is 29.5 Å². The summed E-state index contributed by atoms with van der Waals surface area (Å²) in [6.45, 7) is 5.62. The number of nitrogens with zero attached hydrogens (tertiary/aromatic N) is 9. The van der Waals surface area contributed by atoms with Crippen molar-refractivity contribution in [3.8, 4) is 0 Å². The van der Waals surface area contributed by atoms with Crippen LogP contribution in [0.3, 0.4) is 0 Å². The fourth-order valence-electron chi connectivity index (χ4n) is 4.42. The molecule has 0 saturated carbocycles. The Morgan fingerprint density at radius 2 is 1.81 bits per heavy atom. The summed E-state index contributed by atoms with van der Waals surface area (Å²) in [5.74, 6) is 0.0313. The third kappa shape index (κ3) is 6.49. The van der Waals surface area contributed by atoms with Gasteiger partial charge in [-0.05, 0) is 39.2 Å². The van der Waals surface area contributed by atoms with Crippen LogP contribution in [-0.4, -0.2) is 112 Å². The number of aliphatic carboxylic acids is 1. The summed E-state index contributed by atoms with van der Waals surface area (Å²) in [4.78, 5) is 44.4. The summed E-state index contributed by atoms with van der Waals surface area (Å²) in [5.41, 5.74) is 1.99. The molecule has 1 aliphatic rings. The number of fused-ring (bicyclic) bond motifs is 1. The normalized spacial score (nSPS) is 14.4. The van der Waals surface area contributed by atoms with Crippen molar-refractivity contribution in [2.45, 2.75) is 13.0 Å². The van der Waals surface area contributed by atoms with Crippen LogP contribution in [0, 0.1) is 10.1 Å². The van der Waals surface area contributed by atoms with Gasteiger partial charge in [0.2, 0.25) is 5.95 Å². The Morgan fingerprint density at radius 3 is 2.43 bits per heavy atom. The standard InChI is InChI=1S/C24H33N9O4/c1-28(2)9-4-10-30-11-13-31(14-12-30)24-26-22(29(3)16-20(34)35)21-23(27-24)32(17-25-21)15-18-5-7-19(8-6-18)33(36)37/h5-8,17H,4,9-16H2,1-3H3,(H,34,35). The van der Waals surface area contributed by atoms with Crippen molar-refractivity contribution in [2.24, 2.45) is 0 Å². The molecule has 198 valence electrons. The number of hydrogen-bond acceptors (Lipinski definition) is 10. The second-order valence-electron chi connectivity index (χ2n) is 9.55. The van der Waals surface area contributed by atoms with Gasteiger partial charge < -0.3 is 24.4 Å². The number of hydrogen-bond donors (Lipinski definition) is 1. The maximum absolute atomic E-state index is 11.4. The highest BCUT2D eigenvalue weighted by molar-refractivity contribution is 5.87. The number of imidazole rings is 1. The molecule has 1 fully saturated rings. The van der Waals surface area contributed by atoms with Crippen LogP contribution in [-0.2, 0) is 11.3 Å². The van der Waals surface area contributed by atoms with Gasteiger partial charge in [-0.2, -0.15) is 9.97 Å². The smallest absolute Gasteiger partial charge is 0.323 e. The third-order valence-electron chi connectivity index (χ3n) is 6.40. The van der Waals surface area contributed by atoms with E-state index in [1.165, 1.54) is 12.1 Å². The largest absolute Gasteiger partial charge is 0.480 e. The molecule has 0 aliphatic carbocycles. The first-order chi connectivity index (χ1) is 17.7. The first-order valence-electron chi connectivity index (χ1n) is 12.2. The van der Waals surface area contributed by atoms with E-state index in [1.807, 2.05) is 4.57 Å². The maximum Gasteiger partial charge on any atom is 0.323 e. The molecule has 0 radical (unpaired) electrons. The van der Waals surface area contributed by atoms with Gasteiger partial charge in [-0.15, -0.1) is 0 Å². The summed E-state index contributed by atoms with van der Waals surface area (Å²) in [6, 6.07) is 6.36. The molecule has 2 aromatic heterocycles. The lowest BCUT2D eigenvalue weighted by Crippen LogP contribution is -2.47. The Balaban J connectivity index is 1.59. The number of rotatable bonds is 11. The second-order valence-corrected chi connectivity index (χ2v) is 9.55. The van der Waals surface area contributed by atoms with Crippen LogP contribution in [0.15, 0.2) is 30.6 Å². The summed E-state index contributed by atoms with van der Waals surface area (Å²) in [5, 5.41) is 20.3. The monoisotopic (exact) mass is 511 g/mol. The van der Waals surface area contributed by atoms with E-state index < -0.39 is 10.9 Å². The molecule has 0 unspecified atom stereocenters. The lowest BCUT2D eigenvalue weighted by molar-refractivity contribution is -0.384. The van der Waals surface area contributed by atoms with Crippen molar-refractivity contribution in [1.29, 1.82) is 0 Å². The van der Waals surface area contributed by atoms with Gasteiger partial charge in [-0.1, -0.05) is 12.1 Å². The lowest BCUT2D eigenvalue weighted by atomic mass is 10.2. The van der Waals surface area contributed by atoms with Crippen LogP contribution in [0.2, 0.25) is 0 Å². The zero-order valence-corrected chi connectivity index (χ0v) is 21.4. The van der Waals surface area contributed by atoms with Crippen molar-refractivity contribution < 1.29 is 14.8 Å². The van der Waals surface area contributed by atoms with Crippen molar-refractivity contribution in [3.05, 3.63) is 46.3 Å². The van der Waals surface area contributed by atoms with Gasteiger partial charge in [0.05, 0.1) is 17.8 Å². The second kappa shape index (κ2) is 11.5. The Bertz CT molecular complexity index is 1240. The van der Waals surface area contributed by atoms with Crippen LogP contribution in [0.4, 0.5) is 17.5 Å². The highest BCUT2D eigenvalue weighted by Crippen LogP contribution is 2.26. The Hall–Kier alpha value is -3.84. The molecule has 1 N–H and O–H groups in total. The van der Waals surface area contributed by atoms with Crippen LogP contribution in [0.5, 0.6) is 0 Å². The van der Waals surface area contributed by atoms with Crippen LogP contribution >= 0.6 is 0 Å². The third-order valence-corrected chi connectivity index (χ3v) is 6.40. The number of carboxylic acids is 1. The molecule has 3 heterocycles. The molecule has 1 aliphatic heterocycles. The molecule has 37 heavy (non-hydrogen) atoms. The number of piperazine rings is 1. The zero-order valence-electron chi connectivity index (χ0n) is 21.4. The average molecular weight is 512 g/mol. The van der Waals surface area contributed by atoms with Crippen molar-refractivity contribution in [2.75, 3.05) is 76.8 Å². The molecule has 4 rings (SSSR count). The van der Waals surface area contributed by atoms with Crippen molar-refractivity contribution in [3.63, 3.8) is 0 Å². The molecule has 13 heteroatoms. The Labute approximate surface area is 215 Å². The minimum Gasteiger partial charge on any atom is -0.480 e. The number of non-ortho nitro benzene ring substituents is 1. The Kier molecular flexibility index (Phi) is 8.14. The fourth-order valence-corrected chi connectivity index (χ4v) is 4.42. The predicted molar refractivity (Wildman–Crippen MR) is 140 cm³/mol. The topological polar surface area (TPSA) is 137 Å². The number of benzene rings is 1. The highest BCUT2D eigenvalue weighted by atomic mass is 16.6. The number of carboxylic acid groups (broad SMARTS) is 1. The van der Waals surface area contributed by atoms with Gasteiger partial charge in [-0.25, -0.2) is 4.98 Å². The van der Waals surface area contributed by atoms with Gasteiger partial charge in [-0.3, -0.25) is 19.8 Å². The summed E-state index contributed by atoms with van der Waals surface area (Å²) >= 11 is 0. The molecule has 1 aromatic carbocycles. The SMILES string of the molecule is CN(C)CCCN1CCN(c2nc(N(C)CC(=O)O)c3ncn(Cc4ccc([N+](=O)[O-])cc4)c3n2)CC1. The van der Waals surface area contributed by atoms with Crippen molar-refractivity contribution >= 4 is 34.6 Å². The van der Waals surface area contributed by atoms with Gasteiger partial charge in [0.15, 0.2) is 17.0 Å². The number of anilines is 2. The van der Waals surface area contributed by atoms with E-state index in [-0.39, 0.29) is 12.2 Å². The minimum atomic E-state index is -0.965. The minimum absolute atomic E-state index is 0.0299. The van der Waals surface area contributed by atoms with E-state index in [0.717, 1.165) is 51.3 Å². The molecule has 13 nitrogen and oxygen atoms in total. The zero-order chi connectivity index (χ0) is 26.5. The molecule has 0 atom stereocenters. The summed E-state index contributed by atoms with van der Waals surface area (Å²) < 4.78 is 1.86. The highest BCUT2D eigenvalue weighted by Gasteiger charge is 2.24. The number of aromatic nitrogens is 4. The predicted octanol–water partition coefficient (Wildman–Crippen LogP) is 1.38. The average Bonchev–Trinajstić information content (AvgIpc) is 3.26. The first kappa shape index (κ1) is 26.2. The van der Waals surface area contributed by atoms with E-state index in [4.69, 9.17) is 9.97 Å². The van der Waals surface area contributed by atoms with Crippen LogP contribution < -0.4 is 9.80 Å². The number of nitro groups is 1. The van der Waals surface area contributed by atoms with E-state index in [9.17, 15) is 20.0 Å². The first-order valence-corrected chi connectivity index (χ1v) is 12.2. The maximum atomic E-state index is 11.4. The quantitative estimate of drug-likeness (QED) is 0.295. The molecule has 0 amide bonds. The van der Waals surface area contributed by atoms with Crippen LogP contribution in [0.25, 0.3) is 11.2 Å². The van der Waals surface area contributed by atoms with E-state index in [2.05, 4.69) is 33.8 Å². The van der Waals surface area contributed by atoms with E-state index >= 15 is 0 Å². The van der Waals surface area contributed by atoms with Gasteiger partial charge in [0, 0.05) is 45.4 Å². The van der Waals surface area contributed by atoms with Crippen molar-refractivity contribution in [1.82, 2.24) is 29.3 Å². The number of nitro benzene ring substituents is 1. The van der Waals surface area contributed by atoms with Gasteiger partial charge in [0.25, 0.3) is 5.69 Å². The summed E-state index contributed by atoms with van der Waals surface area (Å²) in [6.07, 6.45) is 2.76.